The number of rotatable bonds is 4. The highest BCUT2D eigenvalue weighted by Crippen LogP contribution is 2.23. The Kier molecular flexibility index (Phi) is 18.8. The van der Waals surface area contributed by atoms with Crippen molar-refractivity contribution in [2.75, 3.05) is 39.3 Å². The smallest absolute Gasteiger partial charge is 0.225 e. The van der Waals surface area contributed by atoms with Crippen LogP contribution in [0.15, 0.2) is 0 Å². The standard InChI is InChI=1S/C8H15NO.C8H17N.C7H16.C4H10O/c1-7(2)8(10)9-5-3-4-6-9;1-8(2)7-9-5-3-4-6-9;1-6(2)7(3,4)5;1-4(2)3-5/h7H,3-6H2,1-2H3;8H,3-7H2,1-2H3;6H,1-5H3;4-5H,3H2,1-2H3. The molecular formula is C27H58N2O2. The highest BCUT2D eigenvalue weighted by atomic mass is 16.3. The average Bonchev–Trinajstić information content (AvgIpc) is 3.35. The lowest BCUT2D eigenvalue weighted by molar-refractivity contribution is -0.133. The van der Waals surface area contributed by atoms with E-state index in [9.17, 15) is 4.79 Å². The van der Waals surface area contributed by atoms with Crippen LogP contribution in [0.25, 0.3) is 0 Å². The zero-order valence-corrected chi connectivity index (χ0v) is 23.1. The zero-order chi connectivity index (χ0) is 24.6. The molecule has 0 spiro atoms. The summed E-state index contributed by atoms with van der Waals surface area (Å²) in [6.07, 6.45) is 5.23. The Balaban J connectivity index is 0. The van der Waals surface area contributed by atoms with E-state index in [2.05, 4.69) is 53.4 Å². The van der Waals surface area contributed by atoms with Crippen molar-refractivity contribution >= 4 is 5.91 Å². The Hall–Kier alpha value is -0.610. The van der Waals surface area contributed by atoms with E-state index in [0.29, 0.717) is 23.8 Å². The molecule has 1 amide bonds. The Bertz CT molecular complexity index is 413. The summed E-state index contributed by atoms with van der Waals surface area (Å²) in [5.41, 5.74) is 0.500. The predicted octanol–water partition coefficient (Wildman–Crippen LogP) is 6.33. The number of aliphatic hydroxyl groups excluding tert-OH is 1. The molecular weight excluding hydrogens is 384 g/mol. The van der Waals surface area contributed by atoms with Crippen LogP contribution in [-0.2, 0) is 4.79 Å². The van der Waals surface area contributed by atoms with Gasteiger partial charge in [-0.25, -0.2) is 0 Å². The monoisotopic (exact) mass is 442 g/mol. The maximum atomic E-state index is 11.3. The van der Waals surface area contributed by atoms with Crippen LogP contribution in [0.4, 0.5) is 0 Å². The van der Waals surface area contributed by atoms with E-state index in [1.165, 1.54) is 45.3 Å². The lowest BCUT2D eigenvalue weighted by Gasteiger charge is -2.22. The third-order valence-corrected chi connectivity index (χ3v) is 5.83. The number of hydrogen-bond donors (Lipinski definition) is 1. The third-order valence-electron chi connectivity index (χ3n) is 5.83. The second-order valence-corrected chi connectivity index (χ2v) is 11.7. The maximum Gasteiger partial charge on any atom is 0.225 e. The molecule has 2 heterocycles. The first-order chi connectivity index (χ1) is 14.2. The Morgan fingerprint density at radius 2 is 1.13 bits per heavy atom. The second kappa shape index (κ2) is 17.9. The van der Waals surface area contributed by atoms with Gasteiger partial charge in [0.25, 0.3) is 0 Å². The van der Waals surface area contributed by atoms with Crippen molar-refractivity contribution in [3.63, 3.8) is 0 Å². The van der Waals surface area contributed by atoms with Gasteiger partial charge in [-0.1, -0.05) is 76.2 Å². The summed E-state index contributed by atoms with van der Waals surface area (Å²) in [7, 11) is 0. The molecule has 0 saturated carbocycles. The number of aliphatic hydroxyl groups is 1. The van der Waals surface area contributed by atoms with Crippen LogP contribution in [0.2, 0.25) is 0 Å². The first-order valence-corrected chi connectivity index (χ1v) is 12.8. The first kappa shape index (κ1) is 32.6. The second-order valence-electron chi connectivity index (χ2n) is 11.7. The van der Waals surface area contributed by atoms with Gasteiger partial charge in [-0.05, 0) is 61.9 Å². The van der Waals surface area contributed by atoms with Gasteiger partial charge in [0, 0.05) is 32.2 Å². The largest absolute Gasteiger partial charge is 0.396 e. The minimum Gasteiger partial charge on any atom is -0.396 e. The van der Waals surface area contributed by atoms with E-state index >= 15 is 0 Å². The van der Waals surface area contributed by atoms with Crippen LogP contribution in [0.5, 0.6) is 0 Å². The highest BCUT2D eigenvalue weighted by molar-refractivity contribution is 5.78. The molecule has 0 unspecified atom stereocenters. The van der Waals surface area contributed by atoms with Crippen LogP contribution in [0.3, 0.4) is 0 Å². The Morgan fingerprint density at radius 3 is 1.39 bits per heavy atom. The maximum absolute atomic E-state index is 11.3. The van der Waals surface area contributed by atoms with Crippen LogP contribution in [0, 0.1) is 29.1 Å². The number of hydrogen-bond acceptors (Lipinski definition) is 3. The van der Waals surface area contributed by atoms with Crippen LogP contribution < -0.4 is 0 Å². The molecule has 1 N–H and O–H groups in total. The summed E-state index contributed by atoms with van der Waals surface area (Å²) < 4.78 is 0. The van der Waals surface area contributed by atoms with E-state index < -0.39 is 0 Å². The summed E-state index contributed by atoms with van der Waals surface area (Å²) in [5.74, 6) is 2.58. The molecule has 0 aromatic heterocycles. The molecule has 2 aliphatic rings. The van der Waals surface area contributed by atoms with E-state index in [-0.39, 0.29) is 5.92 Å². The van der Waals surface area contributed by atoms with Crippen molar-refractivity contribution in [2.45, 2.75) is 102 Å². The van der Waals surface area contributed by atoms with E-state index in [1.807, 2.05) is 32.6 Å². The fraction of sp³-hybridized carbons (Fsp3) is 0.963. The number of carbonyl (C=O) groups excluding carboxylic acids is 1. The van der Waals surface area contributed by atoms with Crippen molar-refractivity contribution in [3.8, 4) is 0 Å². The van der Waals surface area contributed by atoms with Gasteiger partial charge < -0.3 is 14.9 Å². The fourth-order valence-corrected chi connectivity index (χ4v) is 2.78. The summed E-state index contributed by atoms with van der Waals surface area (Å²) in [6, 6.07) is 0. The lowest BCUT2D eigenvalue weighted by Crippen LogP contribution is -2.31. The molecule has 0 atom stereocenters. The van der Waals surface area contributed by atoms with Gasteiger partial charge in [0.15, 0.2) is 0 Å². The van der Waals surface area contributed by atoms with Gasteiger partial charge in [0.2, 0.25) is 5.91 Å². The Morgan fingerprint density at radius 1 is 0.774 bits per heavy atom. The van der Waals surface area contributed by atoms with Gasteiger partial charge in [0.05, 0.1) is 0 Å². The molecule has 4 heteroatoms. The van der Waals surface area contributed by atoms with E-state index in [0.717, 1.165) is 24.9 Å². The molecule has 2 rings (SSSR count). The molecule has 2 aliphatic heterocycles. The fourth-order valence-electron chi connectivity index (χ4n) is 2.78. The summed E-state index contributed by atoms with van der Waals surface area (Å²) in [6.45, 7) is 30.0. The van der Waals surface area contributed by atoms with Crippen molar-refractivity contribution in [1.82, 2.24) is 9.80 Å². The SMILES string of the molecule is CC(C)C(=O)N1CCCC1.CC(C)C(C)(C)C.CC(C)CN1CCCC1.CC(C)CO. The van der Waals surface area contributed by atoms with Gasteiger partial charge in [-0.3, -0.25) is 4.79 Å². The van der Waals surface area contributed by atoms with Crippen molar-refractivity contribution in [2.24, 2.45) is 29.1 Å². The zero-order valence-electron chi connectivity index (χ0n) is 23.1. The van der Waals surface area contributed by atoms with Crippen molar-refractivity contribution in [3.05, 3.63) is 0 Å². The highest BCUT2D eigenvalue weighted by Gasteiger charge is 2.19. The van der Waals surface area contributed by atoms with Gasteiger partial charge >= 0.3 is 0 Å². The predicted molar refractivity (Wildman–Crippen MR) is 137 cm³/mol. The quantitative estimate of drug-likeness (QED) is 0.553. The van der Waals surface area contributed by atoms with Gasteiger partial charge in [-0.2, -0.15) is 0 Å². The first-order valence-electron chi connectivity index (χ1n) is 12.8. The topological polar surface area (TPSA) is 43.8 Å². The summed E-state index contributed by atoms with van der Waals surface area (Å²) in [4.78, 5) is 15.8. The molecule has 0 aromatic rings. The Labute approximate surface area is 196 Å². The number of amides is 1. The number of nitrogens with zero attached hydrogens (tertiary/aromatic N) is 2. The van der Waals surface area contributed by atoms with Crippen LogP contribution >= 0.6 is 0 Å². The van der Waals surface area contributed by atoms with Crippen LogP contribution in [0.1, 0.15) is 102 Å². The van der Waals surface area contributed by atoms with E-state index in [4.69, 9.17) is 5.11 Å². The molecule has 188 valence electrons. The van der Waals surface area contributed by atoms with Crippen LogP contribution in [-0.4, -0.2) is 60.1 Å². The van der Waals surface area contributed by atoms with Crippen molar-refractivity contribution in [1.29, 1.82) is 0 Å². The third kappa shape index (κ3) is 19.8. The molecule has 2 fully saturated rings. The molecule has 2 saturated heterocycles. The summed E-state index contributed by atoms with van der Waals surface area (Å²) in [5, 5.41) is 8.14. The minimum atomic E-state index is 0.179. The van der Waals surface area contributed by atoms with E-state index in [1.54, 1.807) is 0 Å². The average molecular weight is 443 g/mol. The number of likely N-dealkylation sites (tertiary alicyclic amines) is 2. The lowest BCUT2D eigenvalue weighted by atomic mass is 9.84. The normalized spacial score (nSPS) is 16.7. The van der Waals surface area contributed by atoms with Gasteiger partial charge in [-0.15, -0.1) is 0 Å². The summed E-state index contributed by atoms with van der Waals surface area (Å²) >= 11 is 0. The van der Waals surface area contributed by atoms with Gasteiger partial charge in [0.1, 0.15) is 0 Å². The molecule has 31 heavy (non-hydrogen) atoms. The molecule has 0 aliphatic carbocycles. The number of carbonyl (C=O) groups is 1. The molecule has 0 radical (unpaired) electrons. The molecule has 0 bridgehead atoms. The molecule has 0 aromatic carbocycles. The minimum absolute atomic E-state index is 0.179. The molecule has 4 nitrogen and oxygen atoms in total. The van der Waals surface area contributed by atoms with Crippen molar-refractivity contribution < 1.29 is 9.90 Å².